The molecule has 0 amide bonds. The van der Waals surface area contributed by atoms with Gasteiger partial charge in [-0.15, -0.1) is 11.3 Å². The smallest absolute Gasteiger partial charge is 0.252 e. The van der Waals surface area contributed by atoms with Gasteiger partial charge in [-0.05, 0) is 55.0 Å². The largest absolute Gasteiger partial charge is 0.308 e. The molecule has 114 valence electrons. The average Bonchev–Trinajstić information content (AvgIpc) is 3.00. The predicted molar refractivity (Wildman–Crippen MR) is 86.7 cm³/mol. The van der Waals surface area contributed by atoms with Gasteiger partial charge < -0.3 is 4.90 Å². The lowest BCUT2D eigenvalue weighted by atomic mass is 10.2. The summed E-state index contributed by atoms with van der Waals surface area (Å²) in [5.74, 6) is 0. The van der Waals surface area contributed by atoms with E-state index in [1.54, 1.807) is 16.4 Å². The second-order valence-electron chi connectivity index (χ2n) is 5.42. The maximum absolute atomic E-state index is 12.8. The molecule has 0 aliphatic heterocycles. The molecule has 1 fully saturated rings. The monoisotopic (exact) mass is 380 g/mol. The van der Waals surface area contributed by atoms with Crippen molar-refractivity contribution in [3.63, 3.8) is 0 Å². The van der Waals surface area contributed by atoms with Gasteiger partial charge >= 0.3 is 0 Å². The summed E-state index contributed by atoms with van der Waals surface area (Å²) in [7, 11) is 0.583. The van der Waals surface area contributed by atoms with Crippen LogP contribution in [0.2, 0.25) is 0 Å². The van der Waals surface area contributed by atoms with Crippen LogP contribution in [0.15, 0.2) is 20.1 Å². The molecule has 2 rings (SSSR count). The van der Waals surface area contributed by atoms with Crippen LogP contribution in [0.25, 0.3) is 0 Å². The van der Waals surface area contributed by atoms with Crippen LogP contribution in [0.5, 0.6) is 0 Å². The zero-order valence-corrected chi connectivity index (χ0v) is 15.1. The lowest BCUT2D eigenvalue weighted by molar-refractivity contribution is 0.282. The molecule has 20 heavy (non-hydrogen) atoms. The van der Waals surface area contributed by atoms with Crippen molar-refractivity contribution in [2.45, 2.75) is 35.9 Å². The van der Waals surface area contributed by atoms with Crippen LogP contribution in [-0.2, 0) is 10.0 Å². The van der Waals surface area contributed by atoms with Gasteiger partial charge in [0.25, 0.3) is 10.0 Å². The molecule has 0 N–H and O–H groups in total. The van der Waals surface area contributed by atoms with Crippen molar-refractivity contribution in [1.82, 2.24) is 9.21 Å². The first kappa shape index (κ1) is 16.4. The summed E-state index contributed by atoms with van der Waals surface area (Å²) in [5, 5.41) is 0. The minimum atomic E-state index is -3.36. The van der Waals surface area contributed by atoms with Gasteiger partial charge in [-0.1, -0.05) is 12.8 Å². The molecule has 1 aliphatic rings. The number of rotatable bonds is 6. The summed E-state index contributed by atoms with van der Waals surface area (Å²) in [6.07, 6.45) is 4.23. The Balaban J connectivity index is 2.24. The average molecular weight is 381 g/mol. The highest BCUT2D eigenvalue weighted by atomic mass is 79.9. The standard InChI is InChI=1S/C13H21BrN2O2S2/c1-15(2)9-10-16(11-5-3-4-6-11)20(17,18)13-8-7-12(14)19-13/h7-8,11H,3-6,9-10H2,1-2H3. The summed E-state index contributed by atoms with van der Waals surface area (Å²) in [5.41, 5.74) is 0. The van der Waals surface area contributed by atoms with E-state index in [-0.39, 0.29) is 6.04 Å². The van der Waals surface area contributed by atoms with E-state index in [9.17, 15) is 8.42 Å². The maximum atomic E-state index is 12.8. The van der Waals surface area contributed by atoms with Crippen molar-refractivity contribution in [1.29, 1.82) is 0 Å². The Morgan fingerprint density at radius 1 is 1.25 bits per heavy atom. The summed E-state index contributed by atoms with van der Waals surface area (Å²) in [6.45, 7) is 1.32. The Bertz CT molecular complexity index is 536. The minimum Gasteiger partial charge on any atom is -0.308 e. The van der Waals surface area contributed by atoms with Crippen LogP contribution in [0, 0.1) is 0 Å². The molecule has 0 spiro atoms. The zero-order chi connectivity index (χ0) is 14.8. The Morgan fingerprint density at radius 2 is 1.90 bits per heavy atom. The molecule has 0 bridgehead atoms. The summed E-state index contributed by atoms with van der Waals surface area (Å²) < 4.78 is 28.7. The fourth-order valence-electron chi connectivity index (χ4n) is 2.54. The van der Waals surface area contributed by atoms with Crippen molar-refractivity contribution in [2.75, 3.05) is 27.2 Å². The van der Waals surface area contributed by atoms with E-state index in [1.165, 1.54) is 11.3 Å². The Hall–Kier alpha value is 0.0500. The fourth-order valence-corrected chi connectivity index (χ4v) is 6.36. The molecule has 1 aliphatic carbocycles. The third kappa shape index (κ3) is 3.82. The van der Waals surface area contributed by atoms with E-state index in [4.69, 9.17) is 0 Å². The van der Waals surface area contributed by atoms with Crippen LogP contribution in [-0.4, -0.2) is 50.8 Å². The first-order chi connectivity index (χ1) is 9.41. The van der Waals surface area contributed by atoms with Crippen molar-refractivity contribution in [3.05, 3.63) is 15.9 Å². The SMILES string of the molecule is CN(C)CCN(C1CCCC1)S(=O)(=O)c1ccc(Br)s1. The number of likely N-dealkylation sites (N-methyl/N-ethyl adjacent to an activating group) is 1. The fraction of sp³-hybridized carbons (Fsp3) is 0.692. The highest BCUT2D eigenvalue weighted by Crippen LogP contribution is 2.33. The van der Waals surface area contributed by atoms with Gasteiger partial charge in [0.2, 0.25) is 0 Å². The Kier molecular flexibility index (Phi) is 5.64. The molecule has 1 aromatic heterocycles. The van der Waals surface area contributed by atoms with Gasteiger partial charge in [0.15, 0.2) is 0 Å². The zero-order valence-electron chi connectivity index (χ0n) is 11.9. The number of nitrogens with zero attached hydrogens (tertiary/aromatic N) is 2. The van der Waals surface area contributed by atoms with Crippen LogP contribution >= 0.6 is 27.3 Å². The molecule has 7 heteroatoms. The third-order valence-electron chi connectivity index (χ3n) is 3.61. The first-order valence-electron chi connectivity index (χ1n) is 6.83. The second kappa shape index (κ2) is 6.87. The number of sulfonamides is 1. The quantitative estimate of drug-likeness (QED) is 0.761. The molecule has 1 saturated carbocycles. The predicted octanol–water partition coefficient (Wildman–Crippen LogP) is 3.01. The maximum Gasteiger partial charge on any atom is 0.252 e. The van der Waals surface area contributed by atoms with Crippen molar-refractivity contribution >= 4 is 37.3 Å². The Morgan fingerprint density at radius 3 is 2.40 bits per heavy atom. The second-order valence-corrected chi connectivity index (χ2v) is 10.00. The van der Waals surface area contributed by atoms with Crippen molar-refractivity contribution in [3.8, 4) is 0 Å². The van der Waals surface area contributed by atoms with Gasteiger partial charge in [0, 0.05) is 19.1 Å². The molecule has 0 aromatic carbocycles. The summed E-state index contributed by atoms with van der Waals surface area (Å²) in [6, 6.07) is 3.67. The molecular weight excluding hydrogens is 360 g/mol. The molecule has 1 heterocycles. The van der Waals surface area contributed by atoms with E-state index in [2.05, 4.69) is 15.9 Å². The molecule has 1 aromatic rings. The normalized spacial score (nSPS) is 17.4. The van der Waals surface area contributed by atoms with Gasteiger partial charge in [0.05, 0.1) is 3.79 Å². The molecular formula is C13H21BrN2O2S2. The van der Waals surface area contributed by atoms with Crippen LogP contribution in [0.4, 0.5) is 0 Å². The lowest BCUT2D eigenvalue weighted by Gasteiger charge is -2.28. The van der Waals surface area contributed by atoms with Crippen LogP contribution in [0.1, 0.15) is 25.7 Å². The summed E-state index contributed by atoms with van der Waals surface area (Å²) >= 11 is 4.64. The van der Waals surface area contributed by atoms with Crippen LogP contribution < -0.4 is 0 Å². The summed E-state index contributed by atoms with van der Waals surface area (Å²) in [4.78, 5) is 2.03. The molecule has 0 unspecified atom stereocenters. The van der Waals surface area contributed by atoms with Gasteiger partial charge in [-0.3, -0.25) is 0 Å². The van der Waals surface area contributed by atoms with E-state index in [0.29, 0.717) is 10.8 Å². The molecule has 4 nitrogen and oxygen atoms in total. The lowest BCUT2D eigenvalue weighted by Crippen LogP contribution is -2.42. The van der Waals surface area contributed by atoms with Crippen LogP contribution in [0.3, 0.4) is 0 Å². The molecule has 0 radical (unpaired) electrons. The highest BCUT2D eigenvalue weighted by Gasteiger charge is 2.33. The molecule has 0 saturated heterocycles. The van der Waals surface area contributed by atoms with Gasteiger partial charge in [-0.2, -0.15) is 4.31 Å². The Labute approximate surface area is 133 Å². The van der Waals surface area contributed by atoms with E-state index >= 15 is 0 Å². The number of halogens is 1. The topological polar surface area (TPSA) is 40.6 Å². The number of hydrogen-bond donors (Lipinski definition) is 0. The third-order valence-corrected chi connectivity index (χ3v) is 7.65. The van der Waals surface area contributed by atoms with Gasteiger partial charge in [0.1, 0.15) is 4.21 Å². The first-order valence-corrected chi connectivity index (χ1v) is 9.88. The van der Waals surface area contributed by atoms with Crippen molar-refractivity contribution in [2.24, 2.45) is 0 Å². The van der Waals surface area contributed by atoms with E-state index in [0.717, 1.165) is 36.0 Å². The molecule has 0 atom stereocenters. The number of hydrogen-bond acceptors (Lipinski definition) is 4. The van der Waals surface area contributed by atoms with E-state index < -0.39 is 10.0 Å². The minimum absolute atomic E-state index is 0.167. The van der Waals surface area contributed by atoms with E-state index in [1.807, 2.05) is 19.0 Å². The highest BCUT2D eigenvalue weighted by molar-refractivity contribution is 9.11. The number of thiophene rings is 1. The van der Waals surface area contributed by atoms with Gasteiger partial charge in [-0.25, -0.2) is 8.42 Å². The van der Waals surface area contributed by atoms with Crippen molar-refractivity contribution < 1.29 is 8.42 Å².